The summed E-state index contributed by atoms with van der Waals surface area (Å²) in [6.45, 7) is 2.44. The van der Waals surface area contributed by atoms with Crippen LogP contribution in [0.15, 0.2) is 140 Å². The van der Waals surface area contributed by atoms with Gasteiger partial charge in [0.15, 0.2) is 0 Å². The summed E-state index contributed by atoms with van der Waals surface area (Å²) in [6.07, 6.45) is 0. The Hall–Kier alpha value is -3.51. The first-order valence-corrected chi connectivity index (χ1v) is 17.4. The van der Waals surface area contributed by atoms with Gasteiger partial charge in [-0.3, -0.25) is 0 Å². The van der Waals surface area contributed by atoms with Crippen molar-refractivity contribution in [2.75, 3.05) is 6.66 Å². The Kier molecular flexibility index (Phi) is 5.05. The van der Waals surface area contributed by atoms with Crippen molar-refractivity contribution in [3.05, 3.63) is 140 Å². The first kappa shape index (κ1) is 22.7. The average molecular weight is 557 g/mol. The summed E-state index contributed by atoms with van der Waals surface area (Å²) in [5.41, 5.74) is 2.56. The Bertz CT molecular complexity index is 1850. The second-order valence-corrected chi connectivity index (χ2v) is 19.8. The van der Waals surface area contributed by atoms with Gasteiger partial charge in [-0.2, -0.15) is 0 Å². The molecule has 0 aliphatic carbocycles. The van der Waals surface area contributed by atoms with Crippen molar-refractivity contribution in [2.45, 2.75) is 0 Å². The van der Waals surface area contributed by atoms with Gasteiger partial charge in [-0.05, 0) is 0 Å². The molecule has 0 saturated carbocycles. The van der Waals surface area contributed by atoms with Crippen LogP contribution in [-0.4, -0.2) is 6.66 Å². The molecular weight excluding hydrogens is 531 g/mol. The molecule has 7 aromatic rings. The monoisotopic (exact) mass is 556 g/mol. The standard InChI is InChI=1S/C35H26BrP/c1-37(36,28-13-4-2-5-14-28,29-15-6-3-7-16-29)33-18-9-8-17-31(33)30-23-21-27-20-19-25-11-10-12-26-22-24-32(30)35(27)34(25)26/h2-24H,1H3. The normalized spacial score (nSPS) is 13.2. The van der Waals surface area contributed by atoms with E-state index in [1.807, 2.05) is 0 Å². The van der Waals surface area contributed by atoms with E-state index in [2.05, 4.69) is 162 Å². The summed E-state index contributed by atoms with van der Waals surface area (Å²) in [4.78, 5) is 0. The third-order valence-corrected chi connectivity index (χ3v) is 16.2. The molecule has 0 spiro atoms. The molecule has 0 aromatic heterocycles. The van der Waals surface area contributed by atoms with Crippen molar-refractivity contribution >= 4 is 69.0 Å². The van der Waals surface area contributed by atoms with Crippen LogP contribution in [0.5, 0.6) is 0 Å². The number of hydrogen-bond acceptors (Lipinski definition) is 0. The molecule has 0 nitrogen and oxygen atoms in total. The van der Waals surface area contributed by atoms with Crippen molar-refractivity contribution in [1.29, 1.82) is 0 Å². The Morgan fingerprint density at radius 1 is 0.432 bits per heavy atom. The van der Waals surface area contributed by atoms with Gasteiger partial charge in [0.1, 0.15) is 0 Å². The van der Waals surface area contributed by atoms with Gasteiger partial charge in [0.25, 0.3) is 0 Å². The number of benzene rings is 7. The zero-order chi connectivity index (χ0) is 25.1. The molecule has 0 unspecified atom stereocenters. The zero-order valence-corrected chi connectivity index (χ0v) is 23.1. The van der Waals surface area contributed by atoms with Crippen LogP contribution in [0.1, 0.15) is 0 Å². The van der Waals surface area contributed by atoms with Crippen molar-refractivity contribution in [1.82, 2.24) is 0 Å². The van der Waals surface area contributed by atoms with E-state index in [1.165, 1.54) is 59.4 Å². The van der Waals surface area contributed by atoms with E-state index >= 15 is 0 Å². The summed E-state index contributed by atoms with van der Waals surface area (Å²) in [5, 5.41) is 8.92. The molecule has 0 saturated heterocycles. The second kappa shape index (κ2) is 8.25. The Balaban J connectivity index is 1.60. The SMILES string of the molecule is CP(Br)(c1ccccc1)(c1ccccc1)c1ccccc1-c1ccc2ccc3cccc4ccc1c2c34. The molecule has 0 aliphatic rings. The topological polar surface area (TPSA) is 0 Å². The van der Waals surface area contributed by atoms with Crippen LogP contribution < -0.4 is 15.9 Å². The molecule has 0 atom stereocenters. The van der Waals surface area contributed by atoms with Gasteiger partial charge in [0, 0.05) is 0 Å². The zero-order valence-electron chi connectivity index (χ0n) is 20.6. The second-order valence-electron chi connectivity index (χ2n) is 10.1. The summed E-state index contributed by atoms with van der Waals surface area (Å²) in [6, 6.07) is 51.3. The van der Waals surface area contributed by atoms with E-state index < -0.39 is 5.31 Å². The van der Waals surface area contributed by atoms with Crippen LogP contribution in [-0.2, 0) is 0 Å². The fraction of sp³-hybridized carbons (Fsp3) is 0.0286. The minimum atomic E-state index is -2.97. The van der Waals surface area contributed by atoms with Crippen molar-refractivity contribution in [3.8, 4) is 11.1 Å². The van der Waals surface area contributed by atoms with Crippen molar-refractivity contribution in [2.24, 2.45) is 0 Å². The first-order chi connectivity index (χ1) is 18.1. The van der Waals surface area contributed by atoms with Gasteiger partial charge in [0.05, 0.1) is 0 Å². The number of halogens is 1. The van der Waals surface area contributed by atoms with E-state index in [0.29, 0.717) is 0 Å². The molecule has 0 radical (unpaired) electrons. The average Bonchev–Trinajstić information content (AvgIpc) is 2.97. The molecule has 7 rings (SSSR count). The van der Waals surface area contributed by atoms with Crippen LogP contribution in [0.4, 0.5) is 0 Å². The van der Waals surface area contributed by atoms with E-state index in [4.69, 9.17) is 0 Å². The third-order valence-electron chi connectivity index (χ3n) is 8.04. The van der Waals surface area contributed by atoms with Crippen LogP contribution >= 0.6 is 20.8 Å². The summed E-state index contributed by atoms with van der Waals surface area (Å²) < 4.78 is 0. The molecule has 37 heavy (non-hydrogen) atoms. The van der Waals surface area contributed by atoms with Gasteiger partial charge in [-0.1, -0.05) is 0 Å². The van der Waals surface area contributed by atoms with Gasteiger partial charge in [0.2, 0.25) is 0 Å². The Morgan fingerprint density at radius 3 is 1.59 bits per heavy atom. The van der Waals surface area contributed by atoms with Crippen LogP contribution in [0, 0.1) is 0 Å². The van der Waals surface area contributed by atoms with Crippen LogP contribution in [0.3, 0.4) is 0 Å². The first-order valence-electron chi connectivity index (χ1n) is 12.7. The quantitative estimate of drug-likeness (QED) is 0.150. The molecule has 2 heteroatoms. The van der Waals surface area contributed by atoms with E-state index in [-0.39, 0.29) is 0 Å². The van der Waals surface area contributed by atoms with Crippen molar-refractivity contribution < 1.29 is 0 Å². The van der Waals surface area contributed by atoms with Gasteiger partial charge >= 0.3 is 226 Å². The fourth-order valence-corrected chi connectivity index (χ4v) is 12.3. The third kappa shape index (κ3) is 3.24. The van der Waals surface area contributed by atoms with E-state index in [0.717, 1.165) is 0 Å². The Morgan fingerprint density at radius 2 is 0.946 bits per heavy atom. The minimum absolute atomic E-state index is 1.28. The Labute approximate surface area is 225 Å². The summed E-state index contributed by atoms with van der Waals surface area (Å²) in [7, 11) is 0. The summed E-state index contributed by atoms with van der Waals surface area (Å²) in [5.74, 6) is 0. The predicted octanol–water partition coefficient (Wildman–Crippen LogP) is 9.02. The predicted molar refractivity (Wildman–Crippen MR) is 169 cm³/mol. The van der Waals surface area contributed by atoms with E-state index in [1.54, 1.807) is 0 Å². The molecule has 0 aliphatic heterocycles. The van der Waals surface area contributed by atoms with Crippen molar-refractivity contribution in [3.63, 3.8) is 0 Å². The molecule has 178 valence electrons. The van der Waals surface area contributed by atoms with E-state index in [9.17, 15) is 0 Å². The van der Waals surface area contributed by atoms with Crippen LogP contribution in [0.25, 0.3) is 43.4 Å². The fourth-order valence-electron chi connectivity index (χ4n) is 6.13. The molecule has 0 bridgehead atoms. The molecule has 0 fully saturated rings. The van der Waals surface area contributed by atoms with Gasteiger partial charge in [-0.15, -0.1) is 0 Å². The number of hydrogen-bond donors (Lipinski definition) is 0. The summed E-state index contributed by atoms with van der Waals surface area (Å²) >= 11 is 4.52. The van der Waals surface area contributed by atoms with Crippen LogP contribution in [0.2, 0.25) is 0 Å². The molecule has 0 N–H and O–H groups in total. The molecule has 0 heterocycles. The maximum atomic E-state index is 4.52. The molecular formula is C35H26BrP. The molecule has 7 aromatic carbocycles. The van der Waals surface area contributed by atoms with Gasteiger partial charge < -0.3 is 0 Å². The number of rotatable bonds is 4. The van der Waals surface area contributed by atoms with Gasteiger partial charge in [-0.25, -0.2) is 0 Å². The molecule has 0 amide bonds. The maximum absolute atomic E-state index is 4.52.